The smallest absolute Gasteiger partial charge is 0.295 e. The third-order valence-electron chi connectivity index (χ3n) is 6.57. The van der Waals surface area contributed by atoms with Crippen molar-refractivity contribution in [2.45, 2.75) is 62.4 Å². The standard InChI is InChI=1S/C24H24Cl2N2O4/c1-11(2)13-4-6-14(7-5-13)20-19-21(29)16-9-15(25)10-17(26)22(16)31-23(19)24(30)28(20)18-8-12(3)32-27-18/h4-8,11,15-17,20,22H,9-10H2,1-3H3. The number of carbonyl (C=O) groups excluding carboxylic acids is 2. The van der Waals surface area contributed by atoms with E-state index in [0.29, 0.717) is 35.9 Å². The average Bonchev–Trinajstić information content (AvgIpc) is 3.30. The molecule has 3 heterocycles. The highest BCUT2D eigenvalue weighted by atomic mass is 35.5. The Balaban J connectivity index is 1.63. The van der Waals surface area contributed by atoms with Crippen LogP contribution in [-0.4, -0.2) is 33.7 Å². The number of Topliss-reactive ketones (excluding diaryl/α,β-unsaturated/α-hetero) is 1. The Morgan fingerprint density at radius 3 is 2.47 bits per heavy atom. The summed E-state index contributed by atoms with van der Waals surface area (Å²) in [6.45, 7) is 5.99. The molecule has 6 nitrogen and oxygen atoms in total. The Morgan fingerprint density at radius 2 is 1.84 bits per heavy atom. The molecular weight excluding hydrogens is 451 g/mol. The van der Waals surface area contributed by atoms with Crippen LogP contribution in [0.15, 0.2) is 46.2 Å². The van der Waals surface area contributed by atoms with Crippen molar-refractivity contribution in [3.63, 3.8) is 0 Å². The minimum atomic E-state index is -0.652. The summed E-state index contributed by atoms with van der Waals surface area (Å²) in [5, 5.41) is 3.42. The number of hydrogen-bond acceptors (Lipinski definition) is 5. The van der Waals surface area contributed by atoms with Gasteiger partial charge in [0.1, 0.15) is 11.9 Å². The van der Waals surface area contributed by atoms with Crippen LogP contribution in [0.1, 0.15) is 55.5 Å². The molecule has 2 aliphatic heterocycles. The Kier molecular flexibility index (Phi) is 5.33. The molecule has 0 N–H and O–H groups in total. The monoisotopic (exact) mass is 474 g/mol. The molecule has 0 saturated heterocycles. The number of alkyl halides is 2. The molecule has 3 aliphatic rings. The molecular formula is C24H24Cl2N2O4. The second kappa shape index (κ2) is 7.92. The van der Waals surface area contributed by atoms with Crippen LogP contribution in [0.5, 0.6) is 0 Å². The molecule has 5 unspecified atom stereocenters. The van der Waals surface area contributed by atoms with Crippen molar-refractivity contribution in [2.75, 3.05) is 4.90 Å². The molecule has 1 aromatic carbocycles. The number of benzene rings is 1. The first-order valence-corrected chi connectivity index (χ1v) is 11.7. The van der Waals surface area contributed by atoms with Gasteiger partial charge in [0.2, 0.25) is 0 Å². The van der Waals surface area contributed by atoms with Crippen LogP contribution in [0.25, 0.3) is 0 Å². The number of rotatable bonds is 3. The predicted molar refractivity (Wildman–Crippen MR) is 121 cm³/mol. The Labute approximate surface area is 196 Å². The largest absolute Gasteiger partial charge is 0.482 e. The molecule has 1 aliphatic carbocycles. The van der Waals surface area contributed by atoms with Gasteiger partial charge in [-0.25, -0.2) is 0 Å². The summed E-state index contributed by atoms with van der Waals surface area (Å²) in [6.07, 6.45) is 0.437. The number of ether oxygens (including phenoxy) is 1. The fourth-order valence-corrected chi connectivity index (χ4v) is 5.84. The van der Waals surface area contributed by atoms with E-state index >= 15 is 0 Å². The number of ketones is 1. The second-order valence-corrected chi connectivity index (χ2v) is 10.3. The molecule has 1 aromatic heterocycles. The van der Waals surface area contributed by atoms with Gasteiger partial charge in [-0.1, -0.05) is 43.3 Å². The van der Waals surface area contributed by atoms with E-state index in [0.717, 1.165) is 5.56 Å². The lowest BCUT2D eigenvalue weighted by molar-refractivity contribution is -0.131. The van der Waals surface area contributed by atoms with Gasteiger partial charge in [0.15, 0.2) is 17.4 Å². The van der Waals surface area contributed by atoms with Gasteiger partial charge in [-0.05, 0) is 36.8 Å². The molecule has 0 radical (unpaired) electrons. The molecule has 1 amide bonds. The number of aryl methyl sites for hydroxylation is 1. The summed E-state index contributed by atoms with van der Waals surface area (Å²) in [5.41, 5.74) is 2.33. The van der Waals surface area contributed by atoms with E-state index in [4.69, 9.17) is 32.5 Å². The zero-order chi connectivity index (χ0) is 22.7. The van der Waals surface area contributed by atoms with Crippen LogP contribution < -0.4 is 4.90 Å². The fourth-order valence-electron chi connectivity index (χ4n) is 4.92. The highest BCUT2D eigenvalue weighted by Crippen LogP contribution is 2.49. The summed E-state index contributed by atoms with van der Waals surface area (Å²) >= 11 is 12.9. The maximum absolute atomic E-state index is 13.7. The first-order valence-electron chi connectivity index (χ1n) is 10.9. The Morgan fingerprint density at radius 1 is 1.12 bits per heavy atom. The maximum Gasteiger partial charge on any atom is 0.295 e. The number of carbonyl (C=O) groups is 2. The third-order valence-corrected chi connectivity index (χ3v) is 7.35. The minimum absolute atomic E-state index is 0.0634. The normalized spacial score (nSPS) is 29.9. The summed E-state index contributed by atoms with van der Waals surface area (Å²) in [4.78, 5) is 28.8. The number of aromatic nitrogens is 1. The molecule has 1 fully saturated rings. The molecule has 8 heteroatoms. The van der Waals surface area contributed by atoms with E-state index in [1.54, 1.807) is 13.0 Å². The van der Waals surface area contributed by atoms with E-state index < -0.39 is 29.3 Å². The fraction of sp³-hybridized carbons (Fsp3) is 0.458. The molecule has 5 rings (SSSR count). The highest BCUT2D eigenvalue weighted by Gasteiger charge is 2.55. The minimum Gasteiger partial charge on any atom is -0.482 e. The average molecular weight is 475 g/mol. The van der Waals surface area contributed by atoms with E-state index in [1.807, 2.05) is 24.3 Å². The van der Waals surface area contributed by atoms with Crippen molar-refractivity contribution < 1.29 is 18.8 Å². The van der Waals surface area contributed by atoms with E-state index in [1.165, 1.54) is 10.5 Å². The molecule has 32 heavy (non-hydrogen) atoms. The van der Waals surface area contributed by atoms with Crippen LogP contribution in [0, 0.1) is 12.8 Å². The zero-order valence-electron chi connectivity index (χ0n) is 18.0. The van der Waals surface area contributed by atoms with Crippen molar-refractivity contribution in [3.05, 3.63) is 58.6 Å². The van der Waals surface area contributed by atoms with Gasteiger partial charge in [-0.2, -0.15) is 0 Å². The number of anilines is 1. The number of amides is 1. The molecule has 5 atom stereocenters. The SMILES string of the molecule is Cc1cc(N2C(=O)C3=C(C(=O)C4CC(Cl)CC(Cl)C4O3)C2c2ccc(C(C)C)cc2)no1. The Hall–Kier alpha value is -2.31. The summed E-state index contributed by atoms with van der Waals surface area (Å²) in [5.74, 6) is 0.332. The maximum atomic E-state index is 13.7. The summed E-state index contributed by atoms with van der Waals surface area (Å²) in [7, 11) is 0. The quantitative estimate of drug-likeness (QED) is 0.582. The van der Waals surface area contributed by atoms with Crippen LogP contribution in [0.3, 0.4) is 0 Å². The molecule has 168 valence electrons. The van der Waals surface area contributed by atoms with E-state index in [-0.39, 0.29) is 16.9 Å². The number of halogens is 2. The van der Waals surface area contributed by atoms with Gasteiger partial charge in [-0.15, -0.1) is 23.2 Å². The highest BCUT2D eigenvalue weighted by molar-refractivity contribution is 6.25. The molecule has 0 spiro atoms. The van der Waals surface area contributed by atoms with Crippen molar-refractivity contribution in [3.8, 4) is 0 Å². The lowest BCUT2D eigenvalue weighted by atomic mass is 9.77. The van der Waals surface area contributed by atoms with Crippen LogP contribution in [-0.2, 0) is 14.3 Å². The van der Waals surface area contributed by atoms with Crippen LogP contribution >= 0.6 is 23.2 Å². The van der Waals surface area contributed by atoms with Gasteiger partial charge >= 0.3 is 0 Å². The van der Waals surface area contributed by atoms with Crippen molar-refractivity contribution in [1.82, 2.24) is 5.16 Å². The topological polar surface area (TPSA) is 72.6 Å². The first-order chi connectivity index (χ1) is 15.3. The Bertz CT molecular complexity index is 1110. The van der Waals surface area contributed by atoms with Crippen molar-refractivity contribution >= 4 is 40.7 Å². The first kappa shape index (κ1) is 21.5. The third kappa shape index (κ3) is 3.35. The van der Waals surface area contributed by atoms with Crippen LogP contribution in [0.2, 0.25) is 0 Å². The molecule has 2 aromatic rings. The molecule has 1 saturated carbocycles. The van der Waals surface area contributed by atoms with Gasteiger partial charge in [0.25, 0.3) is 5.91 Å². The van der Waals surface area contributed by atoms with E-state index in [2.05, 4.69) is 19.0 Å². The van der Waals surface area contributed by atoms with Gasteiger partial charge < -0.3 is 9.26 Å². The van der Waals surface area contributed by atoms with Crippen molar-refractivity contribution in [2.24, 2.45) is 5.92 Å². The summed E-state index contributed by atoms with van der Waals surface area (Å²) in [6, 6.07) is 8.99. The van der Waals surface area contributed by atoms with Gasteiger partial charge in [-0.3, -0.25) is 14.5 Å². The van der Waals surface area contributed by atoms with Crippen molar-refractivity contribution in [1.29, 1.82) is 0 Å². The lowest BCUT2D eigenvalue weighted by Gasteiger charge is -2.39. The lowest BCUT2D eigenvalue weighted by Crippen LogP contribution is -2.47. The molecule has 0 bridgehead atoms. The van der Waals surface area contributed by atoms with Crippen LogP contribution in [0.4, 0.5) is 5.82 Å². The predicted octanol–water partition coefficient (Wildman–Crippen LogP) is 5.04. The second-order valence-electron chi connectivity index (χ2n) is 9.08. The number of fused-ring (bicyclic) bond motifs is 1. The number of nitrogens with zero attached hydrogens (tertiary/aromatic N) is 2. The number of hydrogen-bond donors (Lipinski definition) is 0. The van der Waals surface area contributed by atoms with Gasteiger partial charge in [0, 0.05) is 11.4 Å². The van der Waals surface area contributed by atoms with Gasteiger partial charge in [0.05, 0.1) is 22.9 Å². The zero-order valence-corrected chi connectivity index (χ0v) is 19.6. The summed E-state index contributed by atoms with van der Waals surface area (Å²) < 4.78 is 11.4. The van der Waals surface area contributed by atoms with E-state index in [9.17, 15) is 9.59 Å².